The van der Waals surface area contributed by atoms with Gasteiger partial charge in [0.1, 0.15) is 11.2 Å². The number of fused-ring (bicyclic) bond motifs is 2. The Balaban J connectivity index is 1.79. The molecule has 0 unspecified atom stereocenters. The zero-order valence-corrected chi connectivity index (χ0v) is 18.8. The van der Waals surface area contributed by atoms with Crippen LogP contribution in [-0.2, 0) is 10.3 Å². The lowest BCUT2D eigenvalue weighted by molar-refractivity contribution is 0.0254. The molecule has 0 bridgehead atoms. The van der Waals surface area contributed by atoms with E-state index >= 15 is 0 Å². The fraction of sp³-hybridized carbons (Fsp3) is 0.652. The van der Waals surface area contributed by atoms with Gasteiger partial charge in [0.15, 0.2) is 17.3 Å². The normalized spacial score (nSPS) is 13.8. The van der Waals surface area contributed by atoms with Crippen LogP contribution in [0.3, 0.4) is 0 Å². The minimum Gasteiger partial charge on any atom is -0.454 e. The minimum absolute atomic E-state index is 0.135. The average molecular weight is 419 g/mol. The monoisotopic (exact) mass is 418 g/mol. The van der Waals surface area contributed by atoms with Crippen LogP contribution in [0.25, 0.3) is 11.0 Å². The Hall–Kier alpha value is -2.28. The molecule has 1 aliphatic rings. The zero-order chi connectivity index (χ0) is 21.9. The molecular weight excluding hydrogens is 384 g/mol. The maximum Gasteiger partial charge on any atom is 0.420 e. The molecule has 7 heteroatoms. The quantitative estimate of drug-likeness (QED) is 0.541. The summed E-state index contributed by atoms with van der Waals surface area (Å²) >= 11 is 0. The van der Waals surface area contributed by atoms with Crippen LogP contribution in [0, 0.1) is 0 Å². The number of aromatic nitrogens is 2. The second-order valence-corrected chi connectivity index (χ2v) is 9.17. The number of aliphatic hydroxyl groups is 1. The molecule has 1 N–H and O–H groups in total. The Labute approximate surface area is 178 Å². The lowest BCUT2D eigenvalue weighted by Gasteiger charge is -2.26. The Bertz CT molecular complexity index is 895. The number of carbonyl (C=O) groups is 1. The molecule has 1 aliphatic heterocycles. The summed E-state index contributed by atoms with van der Waals surface area (Å²) in [6.45, 7) is 9.39. The number of rotatable bonds is 9. The lowest BCUT2D eigenvalue weighted by Crippen LogP contribution is -2.33. The number of carbonyl (C=O) groups excluding carboxylic acids is 1. The Morgan fingerprint density at radius 1 is 1.10 bits per heavy atom. The summed E-state index contributed by atoms with van der Waals surface area (Å²) in [5.41, 5.74) is -0.877. The first-order valence-corrected chi connectivity index (χ1v) is 10.9. The first-order chi connectivity index (χ1) is 14.1. The number of benzene rings is 1. The van der Waals surface area contributed by atoms with E-state index in [1.165, 1.54) is 30.3 Å². The molecule has 0 amide bonds. The van der Waals surface area contributed by atoms with Gasteiger partial charge in [-0.15, -0.1) is 0 Å². The maximum absolute atomic E-state index is 13.2. The highest BCUT2D eigenvalue weighted by atomic mass is 16.7. The number of nitrogens with zero attached hydrogens (tertiary/aromatic N) is 2. The van der Waals surface area contributed by atoms with E-state index in [1.54, 1.807) is 26.0 Å². The molecule has 0 saturated heterocycles. The minimum atomic E-state index is -1.33. The van der Waals surface area contributed by atoms with E-state index in [9.17, 15) is 9.90 Å². The Morgan fingerprint density at radius 3 is 2.40 bits per heavy atom. The summed E-state index contributed by atoms with van der Waals surface area (Å²) in [6, 6.07) is 3.43. The lowest BCUT2D eigenvalue weighted by atomic mass is 9.99. The van der Waals surface area contributed by atoms with Gasteiger partial charge in [0.25, 0.3) is 0 Å². The third-order valence-electron chi connectivity index (χ3n) is 5.37. The van der Waals surface area contributed by atoms with Crippen molar-refractivity contribution in [1.82, 2.24) is 9.55 Å². The van der Waals surface area contributed by atoms with Crippen molar-refractivity contribution in [2.24, 2.45) is 0 Å². The van der Waals surface area contributed by atoms with Crippen molar-refractivity contribution in [1.29, 1.82) is 0 Å². The van der Waals surface area contributed by atoms with E-state index < -0.39 is 17.3 Å². The van der Waals surface area contributed by atoms with Crippen molar-refractivity contribution in [3.05, 3.63) is 18.0 Å². The number of ether oxygens (including phenoxy) is 3. The van der Waals surface area contributed by atoms with E-state index in [-0.39, 0.29) is 12.6 Å². The van der Waals surface area contributed by atoms with Crippen LogP contribution in [0.5, 0.6) is 11.5 Å². The van der Waals surface area contributed by atoms with Gasteiger partial charge in [0.2, 0.25) is 6.79 Å². The number of unbranched alkanes of at least 4 members (excludes halogenated alkanes) is 5. The van der Waals surface area contributed by atoms with Gasteiger partial charge in [-0.1, -0.05) is 39.0 Å². The fourth-order valence-electron chi connectivity index (χ4n) is 3.73. The predicted octanol–water partition coefficient (Wildman–Crippen LogP) is 5.51. The first-order valence-electron chi connectivity index (χ1n) is 10.9. The van der Waals surface area contributed by atoms with E-state index in [2.05, 4.69) is 11.9 Å². The topological polar surface area (TPSA) is 82.8 Å². The number of imidazole rings is 1. The molecule has 3 rings (SSSR count). The van der Waals surface area contributed by atoms with Crippen LogP contribution < -0.4 is 9.47 Å². The highest BCUT2D eigenvalue weighted by molar-refractivity contribution is 5.90. The van der Waals surface area contributed by atoms with Crippen LogP contribution >= 0.6 is 0 Å². The summed E-state index contributed by atoms with van der Waals surface area (Å²) in [5.74, 6) is 1.35. The van der Waals surface area contributed by atoms with Gasteiger partial charge >= 0.3 is 6.09 Å². The molecule has 0 radical (unpaired) electrons. The van der Waals surface area contributed by atoms with Gasteiger partial charge in [-0.3, -0.25) is 0 Å². The van der Waals surface area contributed by atoms with Crippen molar-refractivity contribution in [2.45, 2.75) is 90.8 Å². The molecule has 1 aromatic carbocycles. The smallest absolute Gasteiger partial charge is 0.420 e. The van der Waals surface area contributed by atoms with E-state index in [0.717, 1.165) is 19.3 Å². The molecule has 166 valence electrons. The van der Waals surface area contributed by atoms with Crippen LogP contribution in [0.4, 0.5) is 4.79 Å². The summed E-state index contributed by atoms with van der Waals surface area (Å²) in [4.78, 5) is 17.7. The van der Waals surface area contributed by atoms with Crippen molar-refractivity contribution in [3.8, 4) is 11.5 Å². The van der Waals surface area contributed by atoms with Gasteiger partial charge < -0.3 is 19.3 Å². The summed E-state index contributed by atoms with van der Waals surface area (Å²) in [5, 5.41) is 10.6. The summed E-state index contributed by atoms with van der Waals surface area (Å²) < 4.78 is 18.1. The van der Waals surface area contributed by atoms with E-state index in [0.29, 0.717) is 22.5 Å². The number of hydrogen-bond donors (Lipinski definition) is 1. The van der Waals surface area contributed by atoms with Gasteiger partial charge in [0.05, 0.1) is 11.0 Å². The van der Waals surface area contributed by atoms with Crippen molar-refractivity contribution in [3.63, 3.8) is 0 Å². The SMILES string of the molecule is CCCCCCCCC(C)(C)OC(=O)n1c(C(C)(C)O)nc2cc3c(cc21)OCO3. The maximum atomic E-state index is 13.2. The molecule has 30 heavy (non-hydrogen) atoms. The highest BCUT2D eigenvalue weighted by Gasteiger charge is 2.32. The molecule has 0 saturated carbocycles. The van der Waals surface area contributed by atoms with Gasteiger partial charge in [-0.05, 0) is 40.5 Å². The molecule has 2 aromatic rings. The molecule has 2 heterocycles. The molecule has 0 aliphatic carbocycles. The largest absolute Gasteiger partial charge is 0.454 e. The van der Waals surface area contributed by atoms with Gasteiger partial charge in [0, 0.05) is 12.1 Å². The van der Waals surface area contributed by atoms with Crippen LogP contribution in [0.2, 0.25) is 0 Å². The van der Waals surface area contributed by atoms with Crippen molar-refractivity contribution in [2.75, 3.05) is 6.79 Å². The standard InChI is InChI=1S/C23H34N2O5/c1-6-7-8-9-10-11-12-22(2,3)30-21(26)25-17-14-19-18(28-15-29-19)13-16(17)24-20(25)23(4,5)27/h13-14,27H,6-12,15H2,1-5H3. The summed E-state index contributed by atoms with van der Waals surface area (Å²) in [7, 11) is 0. The number of hydrogen-bond acceptors (Lipinski definition) is 6. The Morgan fingerprint density at radius 2 is 1.73 bits per heavy atom. The van der Waals surface area contributed by atoms with Gasteiger partial charge in [-0.2, -0.15) is 0 Å². The van der Waals surface area contributed by atoms with Crippen molar-refractivity contribution < 1.29 is 24.1 Å². The van der Waals surface area contributed by atoms with Crippen LogP contribution in [0.1, 0.15) is 85.4 Å². The molecule has 7 nitrogen and oxygen atoms in total. The average Bonchev–Trinajstić information content (AvgIpc) is 3.25. The second kappa shape index (κ2) is 8.84. The fourth-order valence-corrected chi connectivity index (χ4v) is 3.73. The van der Waals surface area contributed by atoms with Crippen molar-refractivity contribution >= 4 is 17.1 Å². The van der Waals surface area contributed by atoms with Gasteiger partial charge in [-0.25, -0.2) is 14.3 Å². The summed E-state index contributed by atoms with van der Waals surface area (Å²) in [6.07, 6.45) is 7.32. The first kappa shape index (κ1) is 22.4. The zero-order valence-electron chi connectivity index (χ0n) is 18.8. The molecule has 0 fully saturated rings. The third-order valence-corrected chi connectivity index (χ3v) is 5.37. The van der Waals surface area contributed by atoms with E-state index in [1.807, 2.05) is 13.8 Å². The highest BCUT2D eigenvalue weighted by Crippen LogP contribution is 2.37. The van der Waals surface area contributed by atoms with E-state index in [4.69, 9.17) is 14.2 Å². The third kappa shape index (κ3) is 5.06. The molecule has 0 spiro atoms. The molecular formula is C23H34N2O5. The molecule has 0 atom stereocenters. The second-order valence-electron chi connectivity index (χ2n) is 9.17. The predicted molar refractivity (Wildman–Crippen MR) is 115 cm³/mol. The molecule has 1 aromatic heterocycles. The Kier molecular flexibility index (Phi) is 6.60. The van der Waals surface area contributed by atoms with Crippen LogP contribution in [0.15, 0.2) is 12.1 Å². The van der Waals surface area contributed by atoms with Crippen LogP contribution in [-0.4, -0.2) is 33.1 Å².